The molecule has 1 aromatic heterocycles. The van der Waals surface area contributed by atoms with Crippen molar-refractivity contribution in [2.24, 2.45) is 5.10 Å². The maximum Gasteiger partial charge on any atom is 0.337 e. The summed E-state index contributed by atoms with van der Waals surface area (Å²) in [5, 5.41) is 20.7. The number of carbonyl (C=O) groups is 2. The molecule has 0 fully saturated rings. The van der Waals surface area contributed by atoms with E-state index in [1.54, 1.807) is 62.4 Å². The van der Waals surface area contributed by atoms with E-state index in [9.17, 15) is 14.7 Å². The van der Waals surface area contributed by atoms with Crippen molar-refractivity contribution < 1.29 is 33.3 Å². The van der Waals surface area contributed by atoms with Gasteiger partial charge in [-0.2, -0.15) is 5.10 Å². The van der Waals surface area contributed by atoms with Crippen molar-refractivity contribution in [3.8, 4) is 22.8 Å². The maximum absolute atomic E-state index is 12.4. The monoisotopic (exact) mass is 602 g/mol. The van der Waals surface area contributed by atoms with Crippen LogP contribution in [0, 0.1) is 0 Å². The zero-order valence-corrected chi connectivity index (χ0v) is 23.9. The van der Waals surface area contributed by atoms with Crippen molar-refractivity contribution in [3.05, 3.63) is 81.2 Å². The van der Waals surface area contributed by atoms with Gasteiger partial charge >= 0.3 is 12.0 Å². The molecule has 3 aromatic rings. The first-order chi connectivity index (χ1) is 19.7. The van der Waals surface area contributed by atoms with E-state index in [2.05, 4.69) is 21.2 Å². The lowest BCUT2D eigenvalue weighted by Gasteiger charge is -2.28. The number of aliphatic hydroxyl groups is 1. The van der Waals surface area contributed by atoms with Gasteiger partial charge in [0.25, 0.3) is 0 Å². The second-order valence-electron chi connectivity index (χ2n) is 8.74. The number of hydrazone groups is 1. The van der Waals surface area contributed by atoms with Gasteiger partial charge in [-0.1, -0.05) is 29.3 Å². The van der Waals surface area contributed by atoms with E-state index in [4.69, 9.17) is 41.8 Å². The summed E-state index contributed by atoms with van der Waals surface area (Å²) in [4.78, 5) is 24.5. The van der Waals surface area contributed by atoms with Crippen molar-refractivity contribution in [3.63, 3.8) is 0 Å². The van der Waals surface area contributed by atoms with Crippen molar-refractivity contribution in [1.29, 1.82) is 0 Å². The normalized spacial score (nSPS) is 15.8. The van der Waals surface area contributed by atoms with Gasteiger partial charge in [-0.05, 0) is 61.9 Å². The second kappa shape index (κ2) is 13.4. The topological polar surface area (TPSA) is 144 Å². The van der Waals surface area contributed by atoms with Crippen molar-refractivity contribution in [1.82, 2.24) is 16.1 Å². The largest absolute Gasteiger partial charge is 0.490 e. The lowest BCUT2D eigenvalue weighted by molar-refractivity contribution is -0.136. The lowest BCUT2D eigenvalue weighted by Crippen LogP contribution is -2.45. The third-order valence-corrected chi connectivity index (χ3v) is 6.47. The van der Waals surface area contributed by atoms with E-state index in [0.29, 0.717) is 56.5 Å². The molecular weight excluding hydrogens is 575 g/mol. The van der Waals surface area contributed by atoms with Gasteiger partial charge in [-0.3, -0.25) is 5.43 Å². The van der Waals surface area contributed by atoms with E-state index in [1.807, 2.05) is 0 Å². The first kappa shape index (κ1) is 29.8. The molecule has 0 saturated heterocycles. The fourth-order valence-electron chi connectivity index (χ4n) is 4.06. The Labute approximate surface area is 246 Å². The van der Waals surface area contributed by atoms with Crippen LogP contribution in [-0.2, 0) is 9.53 Å². The Morgan fingerprint density at radius 2 is 1.98 bits per heavy atom. The molecule has 2 aromatic carbocycles. The molecule has 0 bridgehead atoms. The van der Waals surface area contributed by atoms with Crippen LogP contribution in [-0.4, -0.2) is 49.9 Å². The van der Waals surface area contributed by atoms with Crippen LogP contribution in [0.2, 0.25) is 10.0 Å². The number of halogens is 2. The number of carbonyl (C=O) groups excluding carboxylic acids is 2. The smallest absolute Gasteiger partial charge is 0.337 e. The van der Waals surface area contributed by atoms with Gasteiger partial charge in [0.05, 0.1) is 36.6 Å². The summed E-state index contributed by atoms with van der Waals surface area (Å²) in [7, 11) is 1.27. The van der Waals surface area contributed by atoms with Crippen molar-refractivity contribution in [2.45, 2.75) is 26.1 Å². The molecular formula is C28H28Cl2N4O7. The van der Waals surface area contributed by atoms with Crippen LogP contribution in [0.15, 0.2) is 69.3 Å². The van der Waals surface area contributed by atoms with Gasteiger partial charge in [0.2, 0.25) is 0 Å². The Hall–Kier alpha value is -4.19. The summed E-state index contributed by atoms with van der Waals surface area (Å²) in [6.07, 6.45) is 0.227. The molecule has 2 atom stereocenters. The number of urea groups is 1. The number of nitrogens with zero attached hydrogens (tertiary/aromatic N) is 1. The standard InChI is InChI=1S/C28H28Cl2N4O7/c1-4-39-23-11-16(26-25(27(36)38-3)15(2)32-28(37)33-26)5-9-22(23)40-14-24(35)34-31-13-18-7-10-21(41-18)19-12-17(29)6-8-20(19)30/h5-13,24,26,34-35H,4,14H2,1-3H3,(H2,32,33,37)/b31-13-/t24-,26-/m0/s1. The third kappa shape index (κ3) is 7.31. The average molecular weight is 603 g/mol. The number of esters is 1. The molecule has 13 heteroatoms. The predicted molar refractivity (Wildman–Crippen MR) is 153 cm³/mol. The first-order valence-corrected chi connectivity index (χ1v) is 13.2. The van der Waals surface area contributed by atoms with E-state index < -0.39 is 24.3 Å². The summed E-state index contributed by atoms with van der Waals surface area (Å²) in [5.41, 5.74) is 4.43. The number of methoxy groups -OCH3 is 1. The number of rotatable bonds is 11. The van der Waals surface area contributed by atoms with Crippen LogP contribution in [0.25, 0.3) is 11.3 Å². The van der Waals surface area contributed by atoms with E-state index >= 15 is 0 Å². The average Bonchev–Trinajstić information content (AvgIpc) is 3.41. The number of amides is 2. The number of furan rings is 1. The first-order valence-electron chi connectivity index (χ1n) is 12.5. The third-order valence-electron chi connectivity index (χ3n) is 5.91. The van der Waals surface area contributed by atoms with Crippen LogP contribution in [0.1, 0.15) is 31.2 Å². The summed E-state index contributed by atoms with van der Waals surface area (Å²) in [5.74, 6) is 1.06. The fraction of sp³-hybridized carbons (Fsp3) is 0.250. The summed E-state index contributed by atoms with van der Waals surface area (Å²) < 4.78 is 22.1. The van der Waals surface area contributed by atoms with Crippen LogP contribution >= 0.6 is 23.2 Å². The Kier molecular flexibility index (Phi) is 9.77. The number of hydrogen-bond acceptors (Lipinski definition) is 9. The van der Waals surface area contributed by atoms with Gasteiger partial charge in [0.15, 0.2) is 17.7 Å². The molecule has 216 valence electrons. The highest BCUT2D eigenvalue weighted by Gasteiger charge is 2.32. The Morgan fingerprint density at radius 1 is 1.17 bits per heavy atom. The summed E-state index contributed by atoms with van der Waals surface area (Å²) in [6.45, 7) is 3.58. The molecule has 0 spiro atoms. The Bertz CT molecular complexity index is 1490. The van der Waals surface area contributed by atoms with Gasteiger partial charge in [0.1, 0.15) is 18.1 Å². The second-order valence-corrected chi connectivity index (χ2v) is 9.58. The molecule has 2 amide bonds. The van der Waals surface area contributed by atoms with Crippen LogP contribution in [0.4, 0.5) is 4.79 Å². The maximum atomic E-state index is 12.4. The van der Waals surface area contributed by atoms with E-state index in [-0.39, 0.29) is 12.2 Å². The van der Waals surface area contributed by atoms with Crippen LogP contribution < -0.4 is 25.5 Å². The Balaban J connectivity index is 1.40. The van der Waals surface area contributed by atoms with Crippen LogP contribution in [0.3, 0.4) is 0 Å². The Morgan fingerprint density at radius 3 is 2.73 bits per heavy atom. The highest BCUT2D eigenvalue weighted by atomic mass is 35.5. The number of aliphatic hydroxyl groups excluding tert-OH is 1. The highest BCUT2D eigenvalue weighted by Crippen LogP contribution is 2.35. The molecule has 0 unspecified atom stereocenters. The molecule has 41 heavy (non-hydrogen) atoms. The van der Waals surface area contributed by atoms with E-state index in [1.165, 1.54) is 13.3 Å². The van der Waals surface area contributed by atoms with Gasteiger partial charge in [0, 0.05) is 16.3 Å². The number of benzene rings is 2. The van der Waals surface area contributed by atoms with Crippen LogP contribution in [0.5, 0.6) is 11.5 Å². The van der Waals surface area contributed by atoms with Crippen molar-refractivity contribution >= 4 is 41.4 Å². The molecule has 0 saturated carbocycles. The molecule has 1 aliphatic heterocycles. The predicted octanol–water partition coefficient (Wildman–Crippen LogP) is 4.77. The zero-order valence-electron chi connectivity index (χ0n) is 22.4. The van der Waals surface area contributed by atoms with E-state index in [0.717, 1.165) is 0 Å². The molecule has 1 aliphatic rings. The summed E-state index contributed by atoms with van der Waals surface area (Å²) in [6, 6.07) is 12.2. The molecule has 0 aliphatic carbocycles. The number of hydrogen-bond donors (Lipinski definition) is 4. The molecule has 4 rings (SSSR count). The number of allylic oxidation sites excluding steroid dienone is 1. The minimum absolute atomic E-state index is 0.172. The van der Waals surface area contributed by atoms with Crippen molar-refractivity contribution in [2.75, 3.05) is 20.3 Å². The fourth-order valence-corrected chi connectivity index (χ4v) is 4.45. The van der Waals surface area contributed by atoms with Gasteiger partial charge in [-0.25, -0.2) is 9.59 Å². The quantitative estimate of drug-likeness (QED) is 0.106. The minimum atomic E-state index is -1.17. The minimum Gasteiger partial charge on any atom is -0.490 e. The molecule has 4 N–H and O–H groups in total. The van der Waals surface area contributed by atoms with Gasteiger partial charge in [-0.15, -0.1) is 0 Å². The summed E-state index contributed by atoms with van der Waals surface area (Å²) >= 11 is 12.3. The SMILES string of the molecule is CCOc1cc([C@@H]2NC(=O)NC(C)=C2C(=O)OC)ccc1OC[C@H](O)N/N=C\c1ccc(-c2cc(Cl)ccc2Cl)o1. The zero-order chi connectivity index (χ0) is 29.5. The molecule has 2 heterocycles. The molecule has 0 radical (unpaired) electrons. The number of nitrogens with one attached hydrogen (secondary N) is 3. The number of ether oxygens (including phenoxy) is 3. The molecule has 11 nitrogen and oxygen atoms in total. The van der Waals surface area contributed by atoms with Gasteiger partial charge < -0.3 is 34.4 Å². The highest BCUT2D eigenvalue weighted by molar-refractivity contribution is 6.35. The lowest BCUT2D eigenvalue weighted by atomic mass is 9.95.